The highest BCUT2D eigenvalue weighted by Crippen LogP contribution is 2.39. The Kier molecular flexibility index (Phi) is 3.22. The Morgan fingerprint density at radius 3 is 2.36 bits per heavy atom. The van der Waals surface area contributed by atoms with Gasteiger partial charge in [-0.2, -0.15) is 0 Å². The van der Waals surface area contributed by atoms with Gasteiger partial charge in [-0.15, -0.1) is 0 Å². The molecule has 0 aliphatic carbocycles. The molecule has 1 aliphatic heterocycles. The molecule has 3 rings (SSSR count). The minimum atomic E-state index is -4.01. The summed E-state index contributed by atoms with van der Waals surface area (Å²) in [7, 11) is -4.01. The maximum Gasteiger partial charge on any atom is 0.262 e. The van der Waals surface area contributed by atoms with E-state index in [-0.39, 0.29) is 16.3 Å². The first-order valence-electron chi connectivity index (χ1n) is 6.33. The number of carbonyl (C=O) groups is 1. The normalized spacial score (nSPS) is 15.5. The summed E-state index contributed by atoms with van der Waals surface area (Å²) < 4.78 is 38.6. The first-order chi connectivity index (χ1) is 10.4. The Morgan fingerprint density at radius 2 is 1.68 bits per heavy atom. The van der Waals surface area contributed by atoms with Gasteiger partial charge in [-0.1, -0.05) is 30.3 Å². The zero-order valence-corrected chi connectivity index (χ0v) is 12.0. The number of primary amides is 1. The van der Waals surface area contributed by atoms with Crippen LogP contribution in [-0.2, 0) is 14.6 Å². The molecule has 0 saturated heterocycles. The zero-order valence-electron chi connectivity index (χ0n) is 11.2. The molecule has 0 saturated carbocycles. The van der Waals surface area contributed by atoms with Gasteiger partial charge in [0, 0.05) is 5.56 Å². The van der Waals surface area contributed by atoms with E-state index < -0.39 is 26.5 Å². The van der Waals surface area contributed by atoms with Crippen LogP contribution in [-0.4, -0.2) is 14.3 Å². The van der Waals surface area contributed by atoms with Crippen LogP contribution in [0.25, 0.3) is 5.70 Å². The van der Waals surface area contributed by atoms with Gasteiger partial charge >= 0.3 is 0 Å². The van der Waals surface area contributed by atoms with Crippen molar-refractivity contribution in [3.8, 4) is 0 Å². The molecule has 112 valence electrons. The second kappa shape index (κ2) is 4.96. The minimum Gasteiger partial charge on any atom is -0.365 e. The second-order valence-electron chi connectivity index (χ2n) is 4.67. The molecule has 0 fully saturated rings. The van der Waals surface area contributed by atoms with Gasteiger partial charge in [-0.25, -0.2) is 12.8 Å². The Hall–Kier alpha value is -2.67. The summed E-state index contributed by atoms with van der Waals surface area (Å²) in [6.45, 7) is 0. The fraction of sp³-hybridized carbons (Fsp3) is 0. The van der Waals surface area contributed by atoms with Crippen LogP contribution >= 0.6 is 0 Å². The van der Waals surface area contributed by atoms with Crippen LogP contribution in [0.2, 0.25) is 0 Å². The molecule has 0 radical (unpaired) electrons. The van der Waals surface area contributed by atoms with Crippen molar-refractivity contribution in [3.63, 3.8) is 0 Å². The van der Waals surface area contributed by atoms with Crippen molar-refractivity contribution in [2.24, 2.45) is 5.73 Å². The number of hydrogen-bond donors (Lipinski definition) is 2. The monoisotopic (exact) mass is 318 g/mol. The van der Waals surface area contributed by atoms with Gasteiger partial charge < -0.3 is 11.1 Å². The molecule has 3 N–H and O–H groups in total. The molecular formula is C15H11FN2O3S. The van der Waals surface area contributed by atoms with Crippen LogP contribution in [0, 0.1) is 5.82 Å². The topological polar surface area (TPSA) is 89.3 Å². The fourth-order valence-electron chi connectivity index (χ4n) is 2.35. The summed E-state index contributed by atoms with van der Waals surface area (Å²) in [5.74, 6) is -1.66. The summed E-state index contributed by atoms with van der Waals surface area (Å²) in [6, 6.07) is 11.8. The third-order valence-corrected chi connectivity index (χ3v) is 5.18. The minimum absolute atomic E-state index is 0.00630. The lowest BCUT2D eigenvalue weighted by Gasteiger charge is -2.10. The first kappa shape index (κ1) is 14.3. The number of carbonyl (C=O) groups excluding carboxylic acids is 1. The Bertz CT molecular complexity index is 920. The summed E-state index contributed by atoms with van der Waals surface area (Å²) in [4.78, 5) is 11.0. The van der Waals surface area contributed by atoms with Crippen molar-refractivity contribution in [2.45, 2.75) is 4.90 Å². The summed E-state index contributed by atoms with van der Waals surface area (Å²) in [6.07, 6.45) is 0. The first-order valence-corrected chi connectivity index (χ1v) is 7.81. The van der Waals surface area contributed by atoms with E-state index in [9.17, 15) is 17.6 Å². The van der Waals surface area contributed by atoms with E-state index in [1.165, 1.54) is 30.3 Å². The zero-order chi connectivity index (χ0) is 15.9. The highest BCUT2D eigenvalue weighted by atomic mass is 32.2. The number of hydrogen-bond acceptors (Lipinski definition) is 4. The molecule has 0 bridgehead atoms. The highest BCUT2D eigenvalue weighted by molar-refractivity contribution is 7.97. The SMILES string of the molecule is NC(=O)C1=C(Nc2ccccc2F)c2ccccc2S1(=O)=O. The van der Waals surface area contributed by atoms with Gasteiger partial charge in [0.05, 0.1) is 16.3 Å². The number of sulfone groups is 1. The number of rotatable bonds is 3. The van der Waals surface area contributed by atoms with E-state index >= 15 is 0 Å². The number of halogens is 1. The number of nitrogens with two attached hydrogens (primary N) is 1. The average Bonchev–Trinajstić information content (AvgIpc) is 2.70. The molecule has 1 amide bonds. The number of benzene rings is 2. The highest BCUT2D eigenvalue weighted by Gasteiger charge is 2.39. The smallest absolute Gasteiger partial charge is 0.262 e. The summed E-state index contributed by atoms with van der Waals surface area (Å²) in [5.41, 5.74) is 5.57. The van der Waals surface area contributed by atoms with E-state index in [4.69, 9.17) is 5.73 Å². The molecule has 2 aromatic rings. The molecule has 0 atom stereocenters. The lowest BCUT2D eigenvalue weighted by Crippen LogP contribution is -2.20. The van der Waals surface area contributed by atoms with Crippen LogP contribution < -0.4 is 11.1 Å². The van der Waals surface area contributed by atoms with E-state index in [2.05, 4.69) is 5.32 Å². The maximum absolute atomic E-state index is 13.8. The standard InChI is InChI=1S/C15H11FN2O3S/c16-10-6-2-3-7-11(10)18-13-9-5-1-4-8-12(9)22(20,21)14(13)15(17)19/h1-8,18H,(H2,17,19). The van der Waals surface area contributed by atoms with Crippen LogP contribution in [0.5, 0.6) is 0 Å². The average molecular weight is 318 g/mol. The van der Waals surface area contributed by atoms with Gasteiger partial charge in [0.1, 0.15) is 5.82 Å². The lowest BCUT2D eigenvalue weighted by atomic mass is 10.1. The van der Waals surface area contributed by atoms with Gasteiger partial charge in [0.2, 0.25) is 9.84 Å². The van der Waals surface area contributed by atoms with Gasteiger partial charge in [0.15, 0.2) is 4.91 Å². The maximum atomic E-state index is 13.8. The quantitative estimate of drug-likeness (QED) is 0.904. The summed E-state index contributed by atoms with van der Waals surface area (Å²) in [5, 5.41) is 2.68. The van der Waals surface area contributed by atoms with Crippen LogP contribution in [0.1, 0.15) is 5.56 Å². The van der Waals surface area contributed by atoms with Gasteiger partial charge in [0.25, 0.3) is 5.91 Å². The Labute approximate surface area is 126 Å². The number of fused-ring (bicyclic) bond motifs is 1. The van der Waals surface area contributed by atoms with Crippen LogP contribution in [0.4, 0.5) is 10.1 Å². The molecule has 5 nitrogen and oxygen atoms in total. The van der Waals surface area contributed by atoms with E-state index in [0.717, 1.165) is 0 Å². The second-order valence-corrected chi connectivity index (χ2v) is 6.53. The van der Waals surface area contributed by atoms with Crippen LogP contribution in [0.15, 0.2) is 58.3 Å². The number of nitrogens with one attached hydrogen (secondary N) is 1. The third-order valence-electron chi connectivity index (χ3n) is 3.30. The molecule has 1 aliphatic rings. The van der Waals surface area contributed by atoms with Crippen LogP contribution in [0.3, 0.4) is 0 Å². The third kappa shape index (κ3) is 2.06. The fourth-order valence-corrected chi connectivity index (χ4v) is 3.98. The molecule has 2 aromatic carbocycles. The number of para-hydroxylation sites is 1. The van der Waals surface area contributed by atoms with Crippen molar-refractivity contribution in [2.75, 3.05) is 5.32 Å². The predicted molar refractivity (Wildman–Crippen MR) is 79.8 cm³/mol. The van der Waals surface area contributed by atoms with Gasteiger partial charge in [-0.05, 0) is 18.2 Å². The summed E-state index contributed by atoms with van der Waals surface area (Å²) >= 11 is 0. The molecule has 0 aromatic heterocycles. The molecule has 22 heavy (non-hydrogen) atoms. The number of anilines is 1. The van der Waals surface area contributed by atoms with E-state index in [0.29, 0.717) is 5.56 Å². The molecule has 1 heterocycles. The molecule has 7 heteroatoms. The van der Waals surface area contributed by atoms with Crippen molar-refractivity contribution in [1.29, 1.82) is 0 Å². The van der Waals surface area contributed by atoms with E-state index in [1.54, 1.807) is 18.2 Å². The Balaban J connectivity index is 2.24. The molecule has 0 spiro atoms. The lowest BCUT2D eigenvalue weighted by molar-refractivity contribution is -0.113. The molecular weight excluding hydrogens is 307 g/mol. The van der Waals surface area contributed by atoms with E-state index in [1.807, 2.05) is 0 Å². The van der Waals surface area contributed by atoms with Crippen molar-refractivity contribution < 1.29 is 17.6 Å². The largest absolute Gasteiger partial charge is 0.365 e. The van der Waals surface area contributed by atoms with Crippen molar-refractivity contribution in [3.05, 3.63) is 64.8 Å². The number of amides is 1. The Morgan fingerprint density at radius 1 is 1.05 bits per heavy atom. The molecule has 0 unspecified atom stereocenters. The van der Waals surface area contributed by atoms with Gasteiger partial charge in [-0.3, -0.25) is 4.79 Å². The van der Waals surface area contributed by atoms with Crippen molar-refractivity contribution in [1.82, 2.24) is 0 Å². The predicted octanol–water partition coefficient (Wildman–Crippen LogP) is 1.88. The van der Waals surface area contributed by atoms with Crippen molar-refractivity contribution >= 4 is 27.1 Å².